The van der Waals surface area contributed by atoms with E-state index in [1.807, 2.05) is 10.9 Å². The molecule has 5 nitrogen and oxygen atoms in total. The van der Waals surface area contributed by atoms with Crippen LogP contribution in [-0.4, -0.2) is 48.0 Å². The minimum atomic E-state index is -0.128. The van der Waals surface area contributed by atoms with Gasteiger partial charge in [-0.05, 0) is 42.4 Å². The van der Waals surface area contributed by atoms with Gasteiger partial charge in [0.25, 0.3) is 0 Å². The quantitative estimate of drug-likeness (QED) is 0.891. The maximum absolute atomic E-state index is 6.41. The van der Waals surface area contributed by atoms with Crippen molar-refractivity contribution >= 4 is 15.9 Å². The van der Waals surface area contributed by atoms with E-state index in [1.54, 1.807) is 0 Å². The number of hydrogen-bond acceptors (Lipinski definition) is 4. The van der Waals surface area contributed by atoms with Crippen molar-refractivity contribution in [3.05, 3.63) is 16.4 Å². The van der Waals surface area contributed by atoms with Crippen LogP contribution in [0.25, 0.3) is 0 Å². The summed E-state index contributed by atoms with van der Waals surface area (Å²) in [5.41, 5.74) is 7.46. The molecule has 2 heterocycles. The minimum absolute atomic E-state index is 0.0890. The molecule has 2 N–H and O–H groups in total. The summed E-state index contributed by atoms with van der Waals surface area (Å²) >= 11 is 3.56. The normalized spacial score (nSPS) is 25.2. The summed E-state index contributed by atoms with van der Waals surface area (Å²) in [5, 5.41) is 4.41. The lowest BCUT2D eigenvalue weighted by Gasteiger charge is -2.24. The summed E-state index contributed by atoms with van der Waals surface area (Å²) in [6.45, 7) is 4.78. The van der Waals surface area contributed by atoms with Crippen molar-refractivity contribution in [2.24, 2.45) is 11.7 Å². The molecule has 108 valence electrons. The Balaban J connectivity index is 2.15. The van der Waals surface area contributed by atoms with E-state index in [2.05, 4.69) is 46.9 Å². The van der Waals surface area contributed by atoms with E-state index in [-0.39, 0.29) is 12.1 Å². The molecule has 1 saturated heterocycles. The van der Waals surface area contributed by atoms with Crippen molar-refractivity contribution in [3.63, 3.8) is 0 Å². The average Bonchev–Trinajstić information content (AvgIpc) is 2.92. The van der Waals surface area contributed by atoms with Crippen molar-refractivity contribution in [1.82, 2.24) is 14.7 Å². The molecule has 0 saturated carbocycles. The first-order valence-corrected chi connectivity index (χ1v) is 7.53. The molecule has 0 aliphatic carbocycles. The number of nitrogens with two attached hydrogens (primary N) is 1. The van der Waals surface area contributed by atoms with Crippen molar-refractivity contribution in [2.75, 3.05) is 27.2 Å². The van der Waals surface area contributed by atoms with Crippen LogP contribution in [0, 0.1) is 5.92 Å². The monoisotopic (exact) mass is 330 g/mol. The van der Waals surface area contributed by atoms with E-state index in [1.165, 1.54) is 0 Å². The summed E-state index contributed by atoms with van der Waals surface area (Å²) < 4.78 is 8.75. The van der Waals surface area contributed by atoms with Crippen LogP contribution in [0.15, 0.2) is 10.7 Å². The second kappa shape index (κ2) is 6.35. The first kappa shape index (κ1) is 15.0. The molecule has 0 spiro atoms. The van der Waals surface area contributed by atoms with Gasteiger partial charge in [-0.25, -0.2) is 0 Å². The Morgan fingerprint density at radius 3 is 2.95 bits per heavy atom. The lowest BCUT2D eigenvalue weighted by Crippen LogP contribution is -2.33. The van der Waals surface area contributed by atoms with Gasteiger partial charge in [-0.1, -0.05) is 6.92 Å². The number of rotatable bonds is 5. The van der Waals surface area contributed by atoms with Crippen LogP contribution in [0.2, 0.25) is 0 Å². The topological polar surface area (TPSA) is 56.3 Å². The van der Waals surface area contributed by atoms with Gasteiger partial charge in [-0.15, -0.1) is 0 Å². The molecule has 1 aromatic heterocycles. The molecule has 3 atom stereocenters. The van der Waals surface area contributed by atoms with Crippen LogP contribution in [0.4, 0.5) is 0 Å². The van der Waals surface area contributed by atoms with E-state index in [0.717, 1.165) is 36.3 Å². The summed E-state index contributed by atoms with van der Waals surface area (Å²) in [5.74, 6) is 0.499. The standard InChI is InChI=1S/C13H23BrN4O/c1-9-4-7-19-13(9)11(15)12-10(14)8-16-18(12)6-5-17(2)3/h8-9,11,13H,4-7,15H2,1-3H3. The number of aromatic nitrogens is 2. The Kier molecular flexibility index (Phi) is 5.00. The van der Waals surface area contributed by atoms with Gasteiger partial charge in [-0.3, -0.25) is 4.68 Å². The zero-order chi connectivity index (χ0) is 14.0. The van der Waals surface area contributed by atoms with Crippen LogP contribution >= 0.6 is 15.9 Å². The highest BCUT2D eigenvalue weighted by atomic mass is 79.9. The molecule has 1 aliphatic heterocycles. The lowest BCUT2D eigenvalue weighted by atomic mass is 9.96. The molecule has 1 aromatic rings. The largest absolute Gasteiger partial charge is 0.376 e. The molecule has 2 rings (SSSR count). The Labute approximate surface area is 123 Å². The summed E-state index contributed by atoms with van der Waals surface area (Å²) in [6, 6.07) is -0.128. The first-order chi connectivity index (χ1) is 9.00. The average molecular weight is 331 g/mol. The second-order valence-electron chi connectivity index (χ2n) is 5.53. The molecule has 0 bridgehead atoms. The molecular formula is C13H23BrN4O. The second-order valence-corrected chi connectivity index (χ2v) is 6.39. The Morgan fingerprint density at radius 2 is 2.37 bits per heavy atom. The van der Waals surface area contributed by atoms with Crippen LogP contribution in [-0.2, 0) is 11.3 Å². The molecule has 0 aromatic carbocycles. The smallest absolute Gasteiger partial charge is 0.0809 e. The molecule has 1 fully saturated rings. The predicted octanol–water partition coefficient (Wildman–Crippen LogP) is 1.63. The maximum atomic E-state index is 6.41. The molecule has 1 aliphatic rings. The highest BCUT2D eigenvalue weighted by Gasteiger charge is 2.33. The predicted molar refractivity (Wildman–Crippen MR) is 78.9 cm³/mol. The number of hydrogen-bond donors (Lipinski definition) is 1. The third-order valence-electron chi connectivity index (χ3n) is 3.71. The highest BCUT2D eigenvalue weighted by Crippen LogP contribution is 2.32. The van der Waals surface area contributed by atoms with Crippen molar-refractivity contribution in [2.45, 2.75) is 32.0 Å². The van der Waals surface area contributed by atoms with Gasteiger partial charge in [-0.2, -0.15) is 5.10 Å². The zero-order valence-electron chi connectivity index (χ0n) is 11.8. The fourth-order valence-electron chi connectivity index (χ4n) is 2.51. The number of likely N-dealkylation sites (N-methyl/N-ethyl adjacent to an activating group) is 1. The Hall–Kier alpha value is -0.430. The van der Waals surface area contributed by atoms with Crippen LogP contribution < -0.4 is 5.73 Å². The van der Waals surface area contributed by atoms with Gasteiger partial charge >= 0.3 is 0 Å². The van der Waals surface area contributed by atoms with Crippen molar-refractivity contribution in [3.8, 4) is 0 Å². The maximum Gasteiger partial charge on any atom is 0.0809 e. The molecule has 0 amide bonds. The Bertz CT molecular complexity index is 421. The summed E-state index contributed by atoms with van der Waals surface area (Å²) in [4.78, 5) is 2.14. The SMILES string of the molecule is CC1CCOC1C(N)c1c(Br)cnn1CCN(C)C. The number of halogens is 1. The molecule has 0 radical (unpaired) electrons. The highest BCUT2D eigenvalue weighted by molar-refractivity contribution is 9.10. The number of ether oxygens (including phenoxy) is 1. The van der Waals surface area contributed by atoms with Crippen LogP contribution in [0.1, 0.15) is 25.1 Å². The fourth-order valence-corrected chi connectivity index (χ4v) is 3.07. The fraction of sp³-hybridized carbons (Fsp3) is 0.769. The van der Waals surface area contributed by atoms with Crippen LogP contribution in [0.5, 0.6) is 0 Å². The van der Waals surface area contributed by atoms with Gasteiger partial charge in [0.1, 0.15) is 0 Å². The summed E-state index contributed by atoms with van der Waals surface area (Å²) in [7, 11) is 4.11. The van der Waals surface area contributed by atoms with Crippen molar-refractivity contribution < 1.29 is 4.74 Å². The van der Waals surface area contributed by atoms with Crippen LogP contribution in [0.3, 0.4) is 0 Å². The molecule has 3 unspecified atom stereocenters. The van der Waals surface area contributed by atoms with Gasteiger partial charge in [0.05, 0.1) is 35.1 Å². The van der Waals surface area contributed by atoms with E-state index in [9.17, 15) is 0 Å². The van der Waals surface area contributed by atoms with Gasteiger partial charge in [0.15, 0.2) is 0 Å². The van der Waals surface area contributed by atoms with Gasteiger partial charge in [0.2, 0.25) is 0 Å². The van der Waals surface area contributed by atoms with E-state index >= 15 is 0 Å². The molecular weight excluding hydrogens is 308 g/mol. The zero-order valence-corrected chi connectivity index (χ0v) is 13.4. The van der Waals surface area contributed by atoms with E-state index in [0.29, 0.717) is 5.92 Å². The van der Waals surface area contributed by atoms with Gasteiger partial charge in [0, 0.05) is 13.2 Å². The molecule has 19 heavy (non-hydrogen) atoms. The van der Waals surface area contributed by atoms with E-state index in [4.69, 9.17) is 10.5 Å². The Morgan fingerprint density at radius 1 is 1.63 bits per heavy atom. The molecule has 6 heteroatoms. The minimum Gasteiger partial charge on any atom is -0.376 e. The third-order valence-corrected chi connectivity index (χ3v) is 4.32. The van der Waals surface area contributed by atoms with Crippen molar-refractivity contribution in [1.29, 1.82) is 0 Å². The first-order valence-electron chi connectivity index (χ1n) is 6.73. The summed E-state index contributed by atoms with van der Waals surface area (Å²) in [6.07, 6.45) is 3.00. The third kappa shape index (κ3) is 3.37. The lowest BCUT2D eigenvalue weighted by molar-refractivity contribution is 0.0697. The van der Waals surface area contributed by atoms with Gasteiger partial charge < -0.3 is 15.4 Å². The van der Waals surface area contributed by atoms with E-state index < -0.39 is 0 Å². The number of nitrogens with zero attached hydrogens (tertiary/aromatic N) is 3.